The molecule has 4 nitrogen and oxygen atoms in total. The minimum absolute atomic E-state index is 0. The fourth-order valence-corrected chi connectivity index (χ4v) is 1.24. The Bertz CT molecular complexity index is 353. The second kappa shape index (κ2) is 5.49. The van der Waals surface area contributed by atoms with E-state index in [1.54, 1.807) is 6.20 Å². The van der Waals surface area contributed by atoms with Gasteiger partial charge in [-0.3, -0.25) is 5.32 Å². The molecule has 0 unspecified atom stereocenters. The highest BCUT2D eigenvalue weighted by atomic mass is 16.2. The summed E-state index contributed by atoms with van der Waals surface area (Å²) < 4.78 is 0. The maximum Gasteiger partial charge on any atom is 0.320 e. The first-order chi connectivity index (χ1) is 7.49. The van der Waals surface area contributed by atoms with Crippen molar-refractivity contribution in [2.75, 3.05) is 5.32 Å². The summed E-state index contributed by atoms with van der Waals surface area (Å²) in [5.74, 6) is 1.02. The fourth-order valence-electron chi connectivity index (χ4n) is 1.24. The molecule has 1 aromatic heterocycles. The molecule has 4 heteroatoms. The van der Waals surface area contributed by atoms with Gasteiger partial charge < -0.3 is 5.32 Å². The Kier molecular flexibility index (Phi) is 4.28. The van der Waals surface area contributed by atoms with Crippen molar-refractivity contribution in [3.63, 3.8) is 0 Å². The molecule has 0 aliphatic rings. The third-order valence-corrected chi connectivity index (χ3v) is 2.11. The first-order valence-corrected chi connectivity index (χ1v) is 5.52. The van der Waals surface area contributed by atoms with Gasteiger partial charge in [0.1, 0.15) is 5.82 Å². The van der Waals surface area contributed by atoms with Crippen LogP contribution in [0.1, 0.15) is 42.0 Å². The first-order valence-electron chi connectivity index (χ1n) is 5.52. The largest absolute Gasteiger partial charge is 0.336 e. The predicted octanol–water partition coefficient (Wildman–Crippen LogP) is 3.23. The Morgan fingerprint density at radius 1 is 1.31 bits per heavy atom. The Labute approximate surface area is 99.4 Å². The van der Waals surface area contributed by atoms with Gasteiger partial charge in [0.25, 0.3) is 0 Å². The summed E-state index contributed by atoms with van der Waals surface area (Å²) in [6, 6.07) is 3.69. The van der Waals surface area contributed by atoms with Gasteiger partial charge in [-0.1, -0.05) is 19.9 Å². The minimum Gasteiger partial charge on any atom is -0.336 e. The van der Waals surface area contributed by atoms with Crippen LogP contribution in [-0.2, 0) is 0 Å². The van der Waals surface area contributed by atoms with Crippen molar-refractivity contribution in [3.8, 4) is 0 Å². The summed E-state index contributed by atoms with van der Waals surface area (Å²) >= 11 is 0. The summed E-state index contributed by atoms with van der Waals surface area (Å²) in [5, 5.41) is 5.42. The van der Waals surface area contributed by atoms with E-state index in [0.717, 1.165) is 5.56 Å². The first kappa shape index (κ1) is 12.5. The Morgan fingerprint density at radius 2 is 2.00 bits per heavy atom. The molecule has 1 rings (SSSR count). The molecule has 0 aromatic carbocycles. The number of hydrogen-bond acceptors (Lipinski definition) is 2. The topological polar surface area (TPSA) is 54.0 Å². The van der Waals surface area contributed by atoms with E-state index in [2.05, 4.69) is 29.5 Å². The van der Waals surface area contributed by atoms with Crippen molar-refractivity contribution in [3.05, 3.63) is 23.9 Å². The lowest BCUT2D eigenvalue weighted by atomic mass is 10.1. The molecule has 2 N–H and O–H groups in total. The molecule has 1 aromatic rings. The van der Waals surface area contributed by atoms with E-state index in [0.29, 0.717) is 11.7 Å². The molecular weight excluding hydrogens is 202 g/mol. The lowest BCUT2D eigenvalue weighted by molar-refractivity contribution is 0.250. The average molecular weight is 225 g/mol. The van der Waals surface area contributed by atoms with Crippen LogP contribution in [-0.4, -0.2) is 17.1 Å². The zero-order valence-corrected chi connectivity index (χ0v) is 10.2. The van der Waals surface area contributed by atoms with Gasteiger partial charge in [-0.05, 0) is 31.4 Å². The van der Waals surface area contributed by atoms with Gasteiger partial charge in [-0.15, -0.1) is 0 Å². The number of nitrogens with zero attached hydrogens (tertiary/aromatic N) is 1. The summed E-state index contributed by atoms with van der Waals surface area (Å²) in [5.41, 5.74) is 1.16. The smallest absolute Gasteiger partial charge is 0.320 e. The van der Waals surface area contributed by atoms with Gasteiger partial charge in [0.2, 0.25) is 0 Å². The summed E-state index contributed by atoms with van der Waals surface area (Å²) in [6.45, 7) is 8.04. The second-order valence-corrected chi connectivity index (χ2v) is 4.38. The number of anilines is 1. The maximum atomic E-state index is 11.4. The van der Waals surface area contributed by atoms with Crippen LogP contribution < -0.4 is 10.6 Å². The van der Waals surface area contributed by atoms with Gasteiger partial charge in [0.15, 0.2) is 0 Å². The molecular formula is C12H23N3O. The number of pyridine rings is 1. The van der Waals surface area contributed by atoms with Gasteiger partial charge in [-0.2, -0.15) is 0 Å². The molecule has 0 bridgehead atoms. The van der Waals surface area contributed by atoms with E-state index in [4.69, 9.17) is 0 Å². The highest BCUT2D eigenvalue weighted by molar-refractivity contribution is 5.88. The van der Waals surface area contributed by atoms with Crippen molar-refractivity contribution in [1.29, 1.82) is 0 Å². The van der Waals surface area contributed by atoms with Crippen LogP contribution in [0.5, 0.6) is 0 Å². The van der Waals surface area contributed by atoms with Gasteiger partial charge >= 0.3 is 6.03 Å². The normalized spacial score (nSPS) is 10.6. The van der Waals surface area contributed by atoms with Crippen LogP contribution in [0.4, 0.5) is 10.6 Å². The lowest BCUT2D eigenvalue weighted by Gasteiger charge is -2.10. The third kappa shape index (κ3) is 3.88. The van der Waals surface area contributed by atoms with Crippen LogP contribution in [0.25, 0.3) is 0 Å². The van der Waals surface area contributed by atoms with Crippen molar-refractivity contribution in [1.82, 2.24) is 10.3 Å². The number of aromatic nitrogens is 1. The fraction of sp³-hybridized carbons (Fsp3) is 0.500. The zero-order valence-electron chi connectivity index (χ0n) is 10.2. The molecule has 0 saturated carbocycles. The zero-order chi connectivity index (χ0) is 12.1. The minimum atomic E-state index is -0.222. The van der Waals surface area contributed by atoms with Crippen LogP contribution in [0.3, 0.4) is 0 Å². The highest BCUT2D eigenvalue weighted by Gasteiger charge is 2.04. The van der Waals surface area contributed by atoms with E-state index in [1.807, 2.05) is 26.0 Å². The molecule has 0 atom stereocenters. The van der Waals surface area contributed by atoms with Gasteiger partial charge in [-0.25, -0.2) is 9.78 Å². The molecule has 92 valence electrons. The number of carbonyl (C=O) groups excluding carboxylic acids is 1. The monoisotopic (exact) mass is 225 g/mol. The van der Waals surface area contributed by atoms with E-state index >= 15 is 0 Å². The van der Waals surface area contributed by atoms with Gasteiger partial charge in [0.05, 0.1) is 0 Å². The van der Waals surface area contributed by atoms with Crippen LogP contribution in [0.2, 0.25) is 0 Å². The standard InChI is InChI=1S/C12H19N3O.2H2/c1-8(2)10-5-6-11(13-7-10)15-12(16)14-9(3)4;;/h5-9H,1-4H3,(H2,13,14,15,16);2*1H. The molecule has 0 fully saturated rings. The van der Waals surface area contributed by atoms with Crippen LogP contribution >= 0.6 is 0 Å². The molecule has 1 heterocycles. The number of urea groups is 1. The van der Waals surface area contributed by atoms with E-state index in [9.17, 15) is 4.79 Å². The van der Waals surface area contributed by atoms with Crippen molar-refractivity contribution >= 4 is 11.8 Å². The number of amides is 2. The Hall–Kier alpha value is -1.58. The van der Waals surface area contributed by atoms with E-state index in [1.165, 1.54) is 0 Å². The Balaban J connectivity index is 0. The number of carbonyl (C=O) groups is 1. The van der Waals surface area contributed by atoms with Gasteiger partial charge in [0, 0.05) is 15.1 Å². The van der Waals surface area contributed by atoms with Crippen molar-refractivity contribution in [2.24, 2.45) is 0 Å². The number of hydrogen-bond donors (Lipinski definition) is 2. The molecule has 2 amide bonds. The lowest BCUT2D eigenvalue weighted by Crippen LogP contribution is -2.34. The summed E-state index contributed by atoms with van der Waals surface area (Å²) in [6.07, 6.45) is 1.79. The summed E-state index contributed by atoms with van der Waals surface area (Å²) in [7, 11) is 0. The van der Waals surface area contributed by atoms with Crippen LogP contribution in [0, 0.1) is 0 Å². The number of rotatable bonds is 3. The average Bonchev–Trinajstić information content (AvgIpc) is 2.16. The highest BCUT2D eigenvalue weighted by Crippen LogP contribution is 2.14. The third-order valence-electron chi connectivity index (χ3n) is 2.11. The second-order valence-electron chi connectivity index (χ2n) is 4.38. The molecule has 0 aliphatic heterocycles. The number of nitrogens with one attached hydrogen (secondary N) is 2. The maximum absolute atomic E-state index is 11.4. The summed E-state index contributed by atoms with van der Waals surface area (Å²) in [4.78, 5) is 15.6. The van der Waals surface area contributed by atoms with Crippen molar-refractivity contribution < 1.29 is 7.65 Å². The SMILES string of the molecule is CC(C)NC(=O)Nc1ccc(C(C)C)cn1.[HH].[HH]. The predicted molar refractivity (Wildman–Crippen MR) is 69.8 cm³/mol. The molecule has 16 heavy (non-hydrogen) atoms. The van der Waals surface area contributed by atoms with E-state index < -0.39 is 0 Å². The molecule has 0 spiro atoms. The van der Waals surface area contributed by atoms with Crippen molar-refractivity contribution in [2.45, 2.75) is 39.7 Å². The Morgan fingerprint density at radius 3 is 2.44 bits per heavy atom. The molecule has 0 radical (unpaired) electrons. The van der Waals surface area contributed by atoms with Crippen LogP contribution in [0.15, 0.2) is 18.3 Å². The molecule has 0 saturated heterocycles. The quantitative estimate of drug-likeness (QED) is 0.829. The van der Waals surface area contributed by atoms with E-state index in [-0.39, 0.29) is 14.9 Å². The molecule has 0 aliphatic carbocycles.